The van der Waals surface area contributed by atoms with E-state index in [0.717, 1.165) is 23.9 Å². The molecule has 202 valence electrons. The lowest BCUT2D eigenvalue weighted by molar-refractivity contribution is -0.119. The minimum atomic E-state index is -3.26. The van der Waals surface area contributed by atoms with Crippen LogP contribution in [0.1, 0.15) is 32.2 Å². The van der Waals surface area contributed by atoms with Crippen molar-refractivity contribution in [2.75, 3.05) is 43.9 Å². The highest BCUT2D eigenvalue weighted by molar-refractivity contribution is 7.88. The second-order valence-electron chi connectivity index (χ2n) is 10.5. The van der Waals surface area contributed by atoms with E-state index in [1.54, 1.807) is 6.07 Å². The number of benzene rings is 1. The van der Waals surface area contributed by atoms with Crippen LogP contribution in [0.15, 0.2) is 30.6 Å². The van der Waals surface area contributed by atoms with Gasteiger partial charge in [-0.2, -0.15) is 4.31 Å². The minimum absolute atomic E-state index is 0.0219. The van der Waals surface area contributed by atoms with Crippen LogP contribution in [-0.4, -0.2) is 78.2 Å². The molecule has 3 aliphatic rings. The summed E-state index contributed by atoms with van der Waals surface area (Å²) in [7, 11) is -3.26. The molecule has 1 saturated carbocycles. The number of imidazole rings is 1. The van der Waals surface area contributed by atoms with Crippen molar-refractivity contribution in [3.05, 3.63) is 36.4 Å². The molecule has 2 aromatic heterocycles. The van der Waals surface area contributed by atoms with Crippen LogP contribution in [0.25, 0.3) is 22.3 Å². The van der Waals surface area contributed by atoms with Crippen LogP contribution in [0.4, 0.5) is 10.1 Å². The number of hydrogen-bond donors (Lipinski definition) is 1. The summed E-state index contributed by atoms with van der Waals surface area (Å²) in [6, 6.07) is 7.22. The van der Waals surface area contributed by atoms with Crippen molar-refractivity contribution in [2.24, 2.45) is 5.92 Å². The SMILES string of the molecule is CC(Oc1nc(-c2ccc(N3CCN(S(C)(=O)=O)CC3)c(F)c2)cc2ncn(C3CC3)c12)[C@H]1CNC(=O)C1. The van der Waals surface area contributed by atoms with E-state index in [4.69, 9.17) is 9.72 Å². The summed E-state index contributed by atoms with van der Waals surface area (Å²) >= 11 is 0. The molecule has 38 heavy (non-hydrogen) atoms. The molecule has 2 atom stereocenters. The molecule has 3 aromatic rings. The standard InChI is InChI=1S/C26H31FN6O4S/c1-16(18-12-24(34)28-14-18)37-26-25-22(29-15-33(25)19-4-5-19)13-21(30-26)17-3-6-23(20(27)11-17)31-7-9-32(10-8-31)38(2,35)36/h3,6,11,13,15-16,18-19H,4-5,7-10,12,14H2,1-2H3,(H,28,34)/t16?,18-/m1/s1. The van der Waals surface area contributed by atoms with E-state index in [-0.39, 0.29) is 17.9 Å². The molecule has 1 aliphatic carbocycles. The number of nitrogens with one attached hydrogen (secondary N) is 1. The van der Waals surface area contributed by atoms with Gasteiger partial charge in [-0.15, -0.1) is 0 Å². The van der Waals surface area contributed by atoms with E-state index in [1.807, 2.05) is 30.3 Å². The monoisotopic (exact) mass is 542 g/mol. The van der Waals surface area contributed by atoms with E-state index in [9.17, 15) is 13.2 Å². The zero-order valence-corrected chi connectivity index (χ0v) is 22.2. The number of hydrogen-bond acceptors (Lipinski definition) is 7. The van der Waals surface area contributed by atoms with Crippen molar-refractivity contribution in [3.8, 4) is 17.1 Å². The first kappa shape index (κ1) is 25.1. The number of pyridine rings is 1. The molecule has 1 unspecified atom stereocenters. The number of anilines is 1. The number of aromatic nitrogens is 3. The number of ether oxygens (including phenoxy) is 1. The van der Waals surface area contributed by atoms with Gasteiger partial charge in [0, 0.05) is 56.7 Å². The van der Waals surface area contributed by atoms with Gasteiger partial charge in [0.15, 0.2) is 0 Å². The van der Waals surface area contributed by atoms with Gasteiger partial charge in [0.1, 0.15) is 17.4 Å². The maximum Gasteiger partial charge on any atom is 0.241 e. The summed E-state index contributed by atoms with van der Waals surface area (Å²) in [4.78, 5) is 23.0. The smallest absolute Gasteiger partial charge is 0.241 e. The summed E-state index contributed by atoms with van der Waals surface area (Å²) in [6.45, 7) is 3.99. The zero-order valence-electron chi connectivity index (χ0n) is 21.4. The molecule has 1 amide bonds. The lowest BCUT2D eigenvalue weighted by atomic mass is 10.0. The predicted octanol–water partition coefficient (Wildman–Crippen LogP) is 2.56. The second kappa shape index (κ2) is 9.49. The summed E-state index contributed by atoms with van der Waals surface area (Å²) in [6.07, 6.45) is 5.33. The molecule has 6 rings (SSSR count). The Morgan fingerprint density at radius 1 is 1.16 bits per heavy atom. The van der Waals surface area contributed by atoms with E-state index < -0.39 is 15.8 Å². The average Bonchev–Trinajstić information content (AvgIpc) is 3.48. The number of fused-ring (bicyclic) bond motifs is 1. The van der Waals surface area contributed by atoms with Crippen LogP contribution >= 0.6 is 0 Å². The third kappa shape index (κ3) is 4.82. The van der Waals surface area contributed by atoms with Crippen molar-refractivity contribution in [1.82, 2.24) is 24.2 Å². The van der Waals surface area contributed by atoms with Gasteiger partial charge in [-0.05, 0) is 38.0 Å². The van der Waals surface area contributed by atoms with Gasteiger partial charge in [-0.25, -0.2) is 22.8 Å². The van der Waals surface area contributed by atoms with Crippen LogP contribution in [0.3, 0.4) is 0 Å². The molecular formula is C26H31FN6O4S. The van der Waals surface area contributed by atoms with Gasteiger partial charge < -0.3 is 19.5 Å². The number of halogens is 1. The van der Waals surface area contributed by atoms with Crippen molar-refractivity contribution < 1.29 is 22.3 Å². The first-order valence-corrected chi connectivity index (χ1v) is 14.8. The highest BCUT2D eigenvalue weighted by Gasteiger charge is 2.31. The summed E-state index contributed by atoms with van der Waals surface area (Å²) in [5.74, 6) is 0.107. The fourth-order valence-corrected chi connectivity index (χ4v) is 6.13. The number of carbonyl (C=O) groups excluding carboxylic acids is 1. The highest BCUT2D eigenvalue weighted by atomic mass is 32.2. The molecule has 1 N–H and O–H groups in total. The third-order valence-electron chi connectivity index (χ3n) is 7.72. The fraction of sp³-hybridized carbons (Fsp3) is 0.500. The Labute approximate surface area is 220 Å². The highest BCUT2D eigenvalue weighted by Crippen LogP contribution is 2.40. The number of carbonyl (C=O) groups is 1. The quantitative estimate of drug-likeness (QED) is 0.489. The summed E-state index contributed by atoms with van der Waals surface area (Å²) < 4.78 is 48.8. The molecule has 3 fully saturated rings. The number of piperazine rings is 1. The van der Waals surface area contributed by atoms with E-state index in [0.29, 0.717) is 68.0 Å². The van der Waals surface area contributed by atoms with E-state index in [1.165, 1.54) is 16.6 Å². The van der Waals surface area contributed by atoms with Gasteiger partial charge in [0.25, 0.3) is 0 Å². The van der Waals surface area contributed by atoms with Gasteiger partial charge in [0.2, 0.25) is 21.8 Å². The largest absolute Gasteiger partial charge is 0.473 e. The lowest BCUT2D eigenvalue weighted by Gasteiger charge is -2.34. The van der Waals surface area contributed by atoms with E-state index >= 15 is 4.39 Å². The second-order valence-corrected chi connectivity index (χ2v) is 12.5. The number of rotatable bonds is 7. The Kier molecular flexibility index (Phi) is 6.26. The third-order valence-corrected chi connectivity index (χ3v) is 9.03. The van der Waals surface area contributed by atoms with Gasteiger partial charge in [-0.1, -0.05) is 6.07 Å². The lowest BCUT2D eigenvalue weighted by Crippen LogP contribution is -2.48. The maximum atomic E-state index is 15.3. The molecule has 10 nitrogen and oxygen atoms in total. The fourth-order valence-electron chi connectivity index (χ4n) is 5.30. The molecule has 0 radical (unpaired) electrons. The van der Waals surface area contributed by atoms with Crippen LogP contribution in [0, 0.1) is 11.7 Å². The molecule has 1 aromatic carbocycles. The van der Waals surface area contributed by atoms with Crippen molar-refractivity contribution >= 4 is 32.7 Å². The molecule has 12 heteroatoms. The van der Waals surface area contributed by atoms with Crippen molar-refractivity contribution in [3.63, 3.8) is 0 Å². The van der Waals surface area contributed by atoms with Crippen LogP contribution < -0.4 is 15.0 Å². The maximum absolute atomic E-state index is 15.3. The van der Waals surface area contributed by atoms with Gasteiger partial charge >= 0.3 is 0 Å². The molecule has 2 saturated heterocycles. The van der Waals surface area contributed by atoms with Crippen molar-refractivity contribution in [1.29, 1.82) is 0 Å². The normalized spacial score (nSPS) is 21.6. The Bertz CT molecular complexity index is 1500. The number of amides is 1. The number of nitrogens with zero attached hydrogens (tertiary/aromatic N) is 5. The van der Waals surface area contributed by atoms with Crippen molar-refractivity contribution in [2.45, 2.75) is 38.3 Å². The summed E-state index contributed by atoms with van der Waals surface area (Å²) in [5, 5.41) is 2.86. The Morgan fingerprint density at radius 3 is 2.55 bits per heavy atom. The molecule has 2 aliphatic heterocycles. The van der Waals surface area contributed by atoms with Crippen LogP contribution in [0.2, 0.25) is 0 Å². The van der Waals surface area contributed by atoms with Crippen LogP contribution in [-0.2, 0) is 14.8 Å². The predicted molar refractivity (Wildman–Crippen MR) is 141 cm³/mol. The molecule has 0 bridgehead atoms. The molecule has 4 heterocycles. The summed E-state index contributed by atoms with van der Waals surface area (Å²) in [5.41, 5.74) is 3.13. The average molecular weight is 543 g/mol. The molecule has 0 spiro atoms. The number of sulfonamides is 1. The first-order valence-electron chi connectivity index (χ1n) is 13.0. The van der Waals surface area contributed by atoms with Gasteiger partial charge in [-0.3, -0.25) is 4.79 Å². The Morgan fingerprint density at radius 2 is 1.92 bits per heavy atom. The minimum Gasteiger partial charge on any atom is -0.473 e. The van der Waals surface area contributed by atoms with Gasteiger partial charge in [0.05, 0.1) is 29.5 Å². The Balaban J connectivity index is 1.30. The first-order chi connectivity index (χ1) is 18.2. The van der Waals surface area contributed by atoms with Crippen LogP contribution in [0.5, 0.6) is 5.88 Å². The van der Waals surface area contributed by atoms with E-state index in [2.05, 4.69) is 14.9 Å². The topological polar surface area (TPSA) is 110 Å². The molecular weight excluding hydrogens is 511 g/mol. The Hall–Kier alpha value is -3.25. The zero-order chi connectivity index (χ0) is 26.6.